The summed E-state index contributed by atoms with van der Waals surface area (Å²) in [6.07, 6.45) is 0. The molecule has 6 nitrogen and oxygen atoms in total. The van der Waals surface area contributed by atoms with Gasteiger partial charge in [-0.25, -0.2) is 0 Å². The van der Waals surface area contributed by atoms with Crippen molar-refractivity contribution in [2.24, 2.45) is 0 Å². The third kappa shape index (κ3) is 9.26. The zero-order valence-corrected chi connectivity index (χ0v) is 65.5. The Morgan fingerprint density at radius 2 is 0.530 bits per heavy atom. The number of thiophene rings is 5. The predicted molar refractivity (Wildman–Crippen MR) is 500 cm³/mol. The first kappa shape index (κ1) is 64.3. The van der Waals surface area contributed by atoms with Gasteiger partial charge >= 0.3 is 0 Å². The standard InChI is InChI=1S/C102H59B2N5OS5/c1-3-26-60(27-4-1)105(75-39-21-49-91-96(75)64-30-7-16-44-86(64)111-91)62-54-81-101-82(55-62)109(79-43-25-53-95-100(79)68-34-11-20-48-90(68)115-95)80-59-84-72(58-71(80)103(101)69-35-12-14-37-73(69)107(81)77-41-23-51-93-98(77)66-32-9-18-46-88(66)113-93)104-70-36-13-15-38-74(70)108(78-42-24-52-94-99(78)67-33-10-19-47-89(67)114-94)83-56-63(57-85(110-84)102(83)104)106(61-28-5-2-6-29-61)76-40-22-50-92-97(76)65-31-8-17-45-87(65)112-92/h1-59H. The van der Waals surface area contributed by atoms with Crippen LogP contribution in [0.25, 0.3) is 101 Å². The third-order valence-electron chi connectivity index (χ3n) is 24.4. The predicted octanol–water partition coefficient (Wildman–Crippen LogP) is 27.0. The molecule has 5 aromatic heterocycles. The van der Waals surface area contributed by atoms with Crippen LogP contribution in [0.4, 0.5) is 85.3 Å². The molecule has 115 heavy (non-hydrogen) atoms. The fourth-order valence-corrected chi connectivity index (χ4v) is 25.5. The second kappa shape index (κ2) is 24.6. The van der Waals surface area contributed by atoms with Gasteiger partial charge in [-0.05, 0) is 178 Å². The number of fused-ring (bicyclic) bond motifs is 23. The van der Waals surface area contributed by atoms with E-state index in [1.165, 1.54) is 123 Å². The van der Waals surface area contributed by atoms with Gasteiger partial charge in [-0.2, -0.15) is 0 Å². The highest BCUT2D eigenvalue weighted by Crippen LogP contribution is 2.57. The Kier molecular flexibility index (Phi) is 13.8. The van der Waals surface area contributed by atoms with Gasteiger partial charge < -0.3 is 29.2 Å². The maximum absolute atomic E-state index is 8.23. The lowest BCUT2D eigenvalue weighted by atomic mass is 9.30. The topological polar surface area (TPSA) is 25.4 Å². The first-order chi connectivity index (χ1) is 57.1. The highest BCUT2D eigenvalue weighted by atomic mass is 32.1. The molecule has 0 radical (unpaired) electrons. The summed E-state index contributed by atoms with van der Waals surface area (Å²) in [6, 6.07) is 135. The molecule has 26 rings (SSSR count). The van der Waals surface area contributed by atoms with Gasteiger partial charge in [0.1, 0.15) is 11.5 Å². The summed E-state index contributed by atoms with van der Waals surface area (Å²) in [4.78, 5) is 12.9. The van der Waals surface area contributed by atoms with Gasteiger partial charge in [0.15, 0.2) is 0 Å². The normalized spacial score (nSPS) is 13.2. The van der Waals surface area contributed by atoms with Crippen LogP contribution in [-0.4, -0.2) is 13.4 Å². The van der Waals surface area contributed by atoms with Crippen molar-refractivity contribution < 1.29 is 4.74 Å². The highest BCUT2D eigenvalue weighted by Gasteiger charge is 2.49. The van der Waals surface area contributed by atoms with E-state index in [0.717, 1.165) is 108 Å². The van der Waals surface area contributed by atoms with E-state index in [9.17, 15) is 0 Å². The average molecular weight is 1550 g/mol. The van der Waals surface area contributed by atoms with E-state index < -0.39 is 0 Å². The van der Waals surface area contributed by atoms with E-state index in [2.05, 4.69) is 382 Å². The van der Waals surface area contributed by atoms with Crippen LogP contribution in [0.15, 0.2) is 358 Å². The first-order valence-electron chi connectivity index (χ1n) is 39.1. The Labute approximate surface area is 682 Å². The molecule has 0 atom stereocenters. The van der Waals surface area contributed by atoms with Gasteiger partial charge in [0.05, 0.1) is 39.8 Å². The van der Waals surface area contributed by atoms with Crippen molar-refractivity contribution in [3.63, 3.8) is 0 Å². The van der Waals surface area contributed by atoms with Gasteiger partial charge in [-0.15, -0.1) is 56.7 Å². The number of rotatable bonds is 9. The van der Waals surface area contributed by atoms with Gasteiger partial charge in [0.25, 0.3) is 13.4 Å². The van der Waals surface area contributed by atoms with Crippen LogP contribution < -0.4 is 62.0 Å². The Bertz CT molecular complexity index is 7940. The van der Waals surface area contributed by atoms with Gasteiger partial charge in [0.2, 0.25) is 0 Å². The van der Waals surface area contributed by atoms with Crippen LogP contribution in [0.5, 0.6) is 11.5 Å². The Morgan fingerprint density at radius 1 is 0.209 bits per heavy atom. The van der Waals surface area contributed by atoms with Crippen molar-refractivity contribution in [2.75, 3.05) is 24.5 Å². The molecular weight excluding hydrogens is 1490 g/mol. The summed E-state index contributed by atoms with van der Waals surface area (Å²) in [5.41, 5.74) is 23.5. The average Bonchev–Trinajstić information content (AvgIpc) is 1.01. The molecule has 17 aromatic carbocycles. The van der Waals surface area contributed by atoms with Crippen molar-refractivity contribution in [3.05, 3.63) is 358 Å². The van der Waals surface area contributed by atoms with Crippen LogP contribution in [0.3, 0.4) is 0 Å². The van der Waals surface area contributed by atoms with Crippen LogP contribution in [-0.2, 0) is 0 Å². The summed E-state index contributed by atoms with van der Waals surface area (Å²) < 4.78 is 20.7. The zero-order chi connectivity index (χ0) is 74.8. The zero-order valence-electron chi connectivity index (χ0n) is 61.4. The molecule has 0 saturated heterocycles. The molecule has 0 saturated carbocycles. The minimum atomic E-state index is -0.274. The number of para-hydroxylation sites is 4. The second-order valence-corrected chi connectivity index (χ2v) is 35.8. The fraction of sp³-hybridized carbons (Fsp3) is 0. The van der Waals surface area contributed by atoms with E-state index in [1.54, 1.807) is 0 Å². The summed E-state index contributed by atoms with van der Waals surface area (Å²) in [7, 11) is 0. The molecule has 534 valence electrons. The molecule has 0 N–H and O–H groups in total. The van der Waals surface area contributed by atoms with E-state index in [0.29, 0.717) is 0 Å². The van der Waals surface area contributed by atoms with E-state index in [-0.39, 0.29) is 13.4 Å². The van der Waals surface area contributed by atoms with E-state index in [1.807, 2.05) is 56.7 Å². The number of anilines is 15. The molecule has 0 unspecified atom stereocenters. The van der Waals surface area contributed by atoms with Crippen LogP contribution >= 0.6 is 56.7 Å². The largest absolute Gasteiger partial charge is 0.458 e. The molecule has 0 amide bonds. The highest BCUT2D eigenvalue weighted by molar-refractivity contribution is 7.27. The fourth-order valence-electron chi connectivity index (χ4n) is 19.9. The Hall–Kier alpha value is -13.2. The number of hydrogen-bond acceptors (Lipinski definition) is 11. The van der Waals surface area contributed by atoms with Crippen molar-refractivity contribution in [3.8, 4) is 11.5 Å². The number of benzene rings is 17. The van der Waals surface area contributed by atoms with E-state index in [4.69, 9.17) is 4.74 Å². The Balaban J connectivity index is 0.786. The molecule has 4 aliphatic heterocycles. The summed E-state index contributed by atoms with van der Waals surface area (Å²) in [6.45, 7) is -0.544. The van der Waals surface area contributed by atoms with Crippen molar-refractivity contribution in [2.45, 2.75) is 0 Å². The second-order valence-electron chi connectivity index (χ2n) is 30.4. The smallest absolute Gasteiger partial charge is 0.256 e. The Morgan fingerprint density at radius 3 is 0.965 bits per heavy atom. The molecule has 0 fully saturated rings. The van der Waals surface area contributed by atoms with Crippen LogP contribution in [0, 0.1) is 0 Å². The number of ether oxygens (including phenoxy) is 1. The van der Waals surface area contributed by atoms with Crippen LogP contribution in [0.2, 0.25) is 0 Å². The first-order valence-corrected chi connectivity index (χ1v) is 43.2. The van der Waals surface area contributed by atoms with Gasteiger partial charge in [-0.3, -0.25) is 0 Å². The SMILES string of the molecule is c1ccc(N(c2cc3c4c(c2)N(c2cccc5sc6ccccc6c25)c2ccccc2B4c2cc4c(cc2O3)N(c2cccc3sc5ccccc5c23)c2cc(N(c3ccccc3)c3cccc5sc6ccccc6c35)cc3c2B4c2ccccc2N3c2cccc3sc4ccccc4c23)c2cccc3sc4ccccc4c23)cc1. The minimum absolute atomic E-state index is 0.271. The van der Waals surface area contributed by atoms with Crippen LogP contribution in [0.1, 0.15) is 0 Å². The molecule has 0 bridgehead atoms. The number of hydrogen-bond donors (Lipinski definition) is 0. The van der Waals surface area contributed by atoms with Gasteiger partial charge in [0, 0.05) is 158 Å². The third-order valence-corrected chi connectivity index (χ3v) is 30.1. The molecule has 0 spiro atoms. The van der Waals surface area contributed by atoms with Gasteiger partial charge in [-0.1, -0.05) is 200 Å². The lowest BCUT2D eigenvalue weighted by Gasteiger charge is -2.46. The minimum Gasteiger partial charge on any atom is -0.458 e. The quantitative estimate of drug-likeness (QED) is 0.134. The van der Waals surface area contributed by atoms with E-state index >= 15 is 0 Å². The summed E-state index contributed by atoms with van der Waals surface area (Å²) in [5.74, 6) is 1.64. The maximum Gasteiger partial charge on any atom is 0.256 e. The summed E-state index contributed by atoms with van der Waals surface area (Å²) >= 11 is 9.32. The molecule has 4 aliphatic rings. The van der Waals surface area contributed by atoms with Crippen molar-refractivity contribution >= 4 is 289 Å². The molecule has 13 heteroatoms. The lowest BCUT2D eigenvalue weighted by Crippen LogP contribution is -2.64. The maximum atomic E-state index is 8.23. The number of nitrogens with zero attached hydrogens (tertiary/aromatic N) is 5. The monoisotopic (exact) mass is 1550 g/mol. The molecular formula is C102H59B2N5OS5. The lowest BCUT2D eigenvalue weighted by molar-refractivity contribution is 0.488. The van der Waals surface area contributed by atoms with Crippen molar-refractivity contribution in [1.82, 2.24) is 0 Å². The molecule has 9 heterocycles. The molecule has 0 aliphatic carbocycles. The van der Waals surface area contributed by atoms with Crippen molar-refractivity contribution in [1.29, 1.82) is 0 Å². The molecule has 22 aromatic rings. The summed E-state index contributed by atoms with van der Waals surface area (Å²) in [5, 5.41) is 12.3.